The molecule has 1 rings (SSSR count). The van der Waals surface area contributed by atoms with Crippen molar-refractivity contribution in [1.82, 2.24) is 0 Å². The summed E-state index contributed by atoms with van der Waals surface area (Å²) in [5.41, 5.74) is 1.02. The van der Waals surface area contributed by atoms with E-state index in [4.69, 9.17) is 14.2 Å². The Labute approximate surface area is 158 Å². The average molecular weight is 363 g/mol. The lowest BCUT2D eigenvalue weighted by Crippen LogP contribution is -2.27. The van der Waals surface area contributed by atoms with Crippen LogP contribution in [-0.2, 0) is 14.3 Å². The third kappa shape index (κ3) is 8.15. The van der Waals surface area contributed by atoms with Crippen LogP contribution in [0.25, 0.3) is 0 Å². The predicted molar refractivity (Wildman–Crippen MR) is 106 cm³/mol. The summed E-state index contributed by atoms with van der Waals surface area (Å²) in [5, 5.41) is 0. The maximum Gasteiger partial charge on any atom is 0.164 e. The molecule has 0 aliphatic rings. The molecule has 146 valence electrons. The fourth-order valence-corrected chi connectivity index (χ4v) is 2.84. The van der Waals surface area contributed by atoms with Gasteiger partial charge in [-0.15, -0.1) is 0 Å². The van der Waals surface area contributed by atoms with Gasteiger partial charge in [0.1, 0.15) is 5.75 Å². The number of benzene rings is 1. The highest BCUT2D eigenvalue weighted by Crippen LogP contribution is 2.29. The Morgan fingerprint density at radius 2 is 1.69 bits per heavy atom. The van der Waals surface area contributed by atoms with Crippen molar-refractivity contribution in [3.63, 3.8) is 0 Å². The number of hydrogen-bond donors (Lipinski definition) is 0. The molecule has 4 nitrogen and oxygen atoms in total. The molecule has 1 aromatic rings. The molecule has 0 N–H and O–H groups in total. The predicted octanol–water partition coefficient (Wildman–Crippen LogP) is 5.27. The summed E-state index contributed by atoms with van der Waals surface area (Å²) in [6, 6.07) is 7.77. The molecule has 0 unspecified atom stereocenters. The Balaban J connectivity index is 2.86. The first-order chi connectivity index (χ1) is 12.7. The van der Waals surface area contributed by atoms with Crippen LogP contribution < -0.4 is 4.74 Å². The molecule has 0 saturated heterocycles. The second-order valence-corrected chi connectivity index (χ2v) is 6.23. The van der Waals surface area contributed by atoms with E-state index in [0.717, 1.165) is 24.2 Å². The Bertz CT molecular complexity index is 515. The molecule has 0 radical (unpaired) electrons. The van der Waals surface area contributed by atoms with E-state index < -0.39 is 6.29 Å². The maximum atomic E-state index is 12.5. The molecular formula is C22H34O4. The van der Waals surface area contributed by atoms with Gasteiger partial charge in [-0.3, -0.25) is 4.79 Å². The Kier molecular flexibility index (Phi) is 11.7. The normalized spacial score (nSPS) is 12.7. The summed E-state index contributed by atoms with van der Waals surface area (Å²) in [4.78, 5) is 12.5. The van der Waals surface area contributed by atoms with Crippen LogP contribution in [0.1, 0.15) is 64.4 Å². The monoisotopic (exact) mass is 362 g/mol. The Hall–Kier alpha value is -1.65. The SMILES string of the molecule is CCCCC/C=C/C(=O)C[C@@H](c1ccc(OC)cc1)C(OCC)OCC. The van der Waals surface area contributed by atoms with Gasteiger partial charge in [0.15, 0.2) is 12.1 Å². The average Bonchev–Trinajstić information content (AvgIpc) is 2.66. The minimum absolute atomic E-state index is 0.103. The van der Waals surface area contributed by atoms with Crippen LogP contribution in [0.4, 0.5) is 0 Å². The lowest BCUT2D eigenvalue weighted by atomic mass is 9.92. The molecule has 0 heterocycles. The first-order valence-electron chi connectivity index (χ1n) is 9.72. The highest BCUT2D eigenvalue weighted by atomic mass is 16.7. The molecule has 0 aromatic heterocycles. The Morgan fingerprint density at radius 3 is 2.23 bits per heavy atom. The molecule has 0 saturated carbocycles. The smallest absolute Gasteiger partial charge is 0.164 e. The minimum Gasteiger partial charge on any atom is -0.497 e. The summed E-state index contributed by atoms with van der Waals surface area (Å²) in [6.45, 7) is 7.13. The van der Waals surface area contributed by atoms with Crippen LogP contribution in [-0.4, -0.2) is 32.4 Å². The molecule has 0 aliphatic heterocycles. The number of rotatable bonds is 14. The summed E-state index contributed by atoms with van der Waals surface area (Å²) >= 11 is 0. The van der Waals surface area contributed by atoms with Crippen LogP contribution in [0.15, 0.2) is 36.4 Å². The van der Waals surface area contributed by atoms with Gasteiger partial charge in [-0.05, 0) is 50.5 Å². The topological polar surface area (TPSA) is 44.8 Å². The lowest BCUT2D eigenvalue weighted by Gasteiger charge is -2.26. The van der Waals surface area contributed by atoms with Crippen LogP contribution in [0.3, 0.4) is 0 Å². The van der Waals surface area contributed by atoms with Crippen LogP contribution in [0, 0.1) is 0 Å². The van der Waals surface area contributed by atoms with E-state index >= 15 is 0 Å². The van der Waals surface area contributed by atoms with Crippen molar-refractivity contribution in [3.8, 4) is 5.75 Å². The van der Waals surface area contributed by atoms with Crippen molar-refractivity contribution in [3.05, 3.63) is 42.0 Å². The summed E-state index contributed by atoms with van der Waals surface area (Å²) in [5.74, 6) is 0.749. The van der Waals surface area contributed by atoms with E-state index in [0.29, 0.717) is 19.6 Å². The minimum atomic E-state index is -0.434. The third-order valence-electron chi connectivity index (χ3n) is 4.23. The van der Waals surface area contributed by atoms with Gasteiger partial charge in [0.2, 0.25) is 0 Å². The van der Waals surface area contributed by atoms with Crippen molar-refractivity contribution in [2.75, 3.05) is 20.3 Å². The van der Waals surface area contributed by atoms with Crippen molar-refractivity contribution in [2.24, 2.45) is 0 Å². The highest BCUT2D eigenvalue weighted by molar-refractivity contribution is 5.90. The fourth-order valence-electron chi connectivity index (χ4n) is 2.84. The van der Waals surface area contributed by atoms with Gasteiger partial charge in [0.05, 0.1) is 7.11 Å². The molecule has 0 bridgehead atoms. The zero-order valence-electron chi connectivity index (χ0n) is 16.7. The van der Waals surface area contributed by atoms with Crippen molar-refractivity contribution >= 4 is 5.78 Å². The van der Waals surface area contributed by atoms with Gasteiger partial charge in [0.25, 0.3) is 0 Å². The van der Waals surface area contributed by atoms with Gasteiger partial charge >= 0.3 is 0 Å². The van der Waals surface area contributed by atoms with E-state index in [2.05, 4.69) is 6.92 Å². The van der Waals surface area contributed by atoms with Crippen molar-refractivity contribution in [1.29, 1.82) is 0 Å². The second kappa shape index (κ2) is 13.5. The zero-order valence-corrected chi connectivity index (χ0v) is 16.7. The number of carbonyl (C=O) groups is 1. The molecule has 1 atom stereocenters. The molecular weight excluding hydrogens is 328 g/mol. The van der Waals surface area contributed by atoms with Gasteiger partial charge in [-0.2, -0.15) is 0 Å². The third-order valence-corrected chi connectivity index (χ3v) is 4.23. The first kappa shape index (κ1) is 22.4. The number of ketones is 1. The molecule has 1 aromatic carbocycles. The second-order valence-electron chi connectivity index (χ2n) is 6.23. The number of allylic oxidation sites excluding steroid dienone is 2. The first-order valence-corrected chi connectivity index (χ1v) is 9.72. The maximum absolute atomic E-state index is 12.5. The van der Waals surface area contributed by atoms with Gasteiger partial charge < -0.3 is 14.2 Å². The largest absolute Gasteiger partial charge is 0.497 e. The number of carbonyl (C=O) groups excluding carboxylic acids is 1. The summed E-state index contributed by atoms with van der Waals surface area (Å²) in [7, 11) is 1.64. The van der Waals surface area contributed by atoms with E-state index in [1.54, 1.807) is 13.2 Å². The molecule has 4 heteroatoms. The number of hydrogen-bond acceptors (Lipinski definition) is 4. The molecule has 0 aliphatic carbocycles. The molecule has 26 heavy (non-hydrogen) atoms. The van der Waals surface area contributed by atoms with Crippen LogP contribution in [0.5, 0.6) is 5.75 Å². The standard InChI is InChI=1S/C22H34O4/c1-5-8-9-10-11-12-19(23)17-21(22(25-6-2)26-7-3)18-13-15-20(24-4)16-14-18/h11-16,21-22H,5-10,17H2,1-4H3/b12-11+/t21-/m0/s1. The lowest BCUT2D eigenvalue weighted by molar-refractivity contribution is -0.153. The van der Waals surface area contributed by atoms with Gasteiger partial charge in [-0.25, -0.2) is 0 Å². The molecule has 0 amide bonds. The van der Waals surface area contributed by atoms with Gasteiger partial charge in [0, 0.05) is 25.6 Å². The number of unbranched alkanes of at least 4 members (excludes halogenated alkanes) is 3. The van der Waals surface area contributed by atoms with E-state index in [-0.39, 0.29) is 11.7 Å². The number of methoxy groups -OCH3 is 1. The zero-order chi connectivity index (χ0) is 19.2. The van der Waals surface area contributed by atoms with E-state index in [1.165, 1.54) is 12.8 Å². The van der Waals surface area contributed by atoms with E-state index in [9.17, 15) is 4.79 Å². The highest BCUT2D eigenvalue weighted by Gasteiger charge is 2.26. The molecule has 0 fully saturated rings. The van der Waals surface area contributed by atoms with Crippen LogP contribution >= 0.6 is 0 Å². The summed E-state index contributed by atoms with van der Waals surface area (Å²) < 4.78 is 16.8. The van der Waals surface area contributed by atoms with E-state index in [1.807, 2.05) is 44.2 Å². The van der Waals surface area contributed by atoms with Gasteiger partial charge in [-0.1, -0.05) is 38.0 Å². The fraction of sp³-hybridized carbons (Fsp3) is 0.591. The quantitative estimate of drug-likeness (QED) is 0.257. The van der Waals surface area contributed by atoms with Crippen LogP contribution in [0.2, 0.25) is 0 Å². The van der Waals surface area contributed by atoms with Crippen molar-refractivity contribution < 1.29 is 19.0 Å². The Morgan fingerprint density at radius 1 is 1.04 bits per heavy atom. The summed E-state index contributed by atoms with van der Waals surface area (Å²) in [6.07, 6.45) is 8.09. The number of ether oxygens (including phenoxy) is 3. The molecule has 0 spiro atoms. The van der Waals surface area contributed by atoms with Crippen molar-refractivity contribution in [2.45, 2.75) is 65.1 Å².